The fourth-order valence-electron chi connectivity index (χ4n) is 3.81. The Morgan fingerprint density at radius 1 is 1.11 bits per heavy atom. The first-order chi connectivity index (χ1) is 8.79. The summed E-state index contributed by atoms with van der Waals surface area (Å²) in [4.78, 5) is 2.75. The van der Waals surface area contributed by atoms with E-state index in [1.807, 2.05) is 0 Å². The van der Waals surface area contributed by atoms with Crippen LogP contribution in [0.3, 0.4) is 0 Å². The van der Waals surface area contributed by atoms with Crippen LogP contribution in [0, 0.1) is 11.8 Å². The zero-order valence-electron chi connectivity index (χ0n) is 12.5. The molecule has 18 heavy (non-hydrogen) atoms. The molecule has 0 bridgehead atoms. The van der Waals surface area contributed by atoms with Gasteiger partial charge in [-0.15, -0.1) is 0 Å². The number of rotatable bonds is 6. The summed E-state index contributed by atoms with van der Waals surface area (Å²) in [7, 11) is 2.07. The number of unbranched alkanes of at least 4 members (excludes halogenated alkanes) is 1. The van der Waals surface area contributed by atoms with Crippen molar-refractivity contribution in [3.8, 4) is 0 Å². The number of piperidine rings is 1. The lowest BCUT2D eigenvalue weighted by molar-refractivity contribution is 0.0855. The van der Waals surface area contributed by atoms with Crippen LogP contribution in [0.25, 0.3) is 0 Å². The number of nitrogens with zero attached hydrogens (tertiary/aromatic N) is 1. The summed E-state index contributed by atoms with van der Waals surface area (Å²) >= 11 is 0. The standard InChI is InChI=1S/C16H32N2/c1-14(17-2)7-5-6-11-18-12-10-15-8-3-4-9-16(15)13-18/h14-17H,3-13H2,1-2H3. The van der Waals surface area contributed by atoms with Gasteiger partial charge in [0.2, 0.25) is 0 Å². The molecule has 3 unspecified atom stereocenters. The molecule has 1 heterocycles. The van der Waals surface area contributed by atoms with Gasteiger partial charge in [0, 0.05) is 12.6 Å². The average molecular weight is 252 g/mol. The first kappa shape index (κ1) is 14.3. The Morgan fingerprint density at radius 3 is 2.67 bits per heavy atom. The molecule has 1 N–H and O–H groups in total. The van der Waals surface area contributed by atoms with E-state index in [1.165, 1.54) is 71.0 Å². The van der Waals surface area contributed by atoms with E-state index in [0.29, 0.717) is 6.04 Å². The summed E-state index contributed by atoms with van der Waals surface area (Å²) in [5, 5.41) is 3.33. The lowest BCUT2D eigenvalue weighted by atomic mass is 9.75. The smallest absolute Gasteiger partial charge is 0.00357 e. The minimum absolute atomic E-state index is 0.689. The van der Waals surface area contributed by atoms with E-state index in [1.54, 1.807) is 0 Å². The van der Waals surface area contributed by atoms with Crippen molar-refractivity contribution >= 4 is 0 Å². The van der Waals surface area contributed by atoms with Crippen LogP contribution >= 0.6 is 0 Å². The van der Waals surface area contributed by atoms with E-state index in [4.69, 9.17) is 0 Å². The van der Waals surface area contributed by atoms with Crippen molar-refractivity contribution in [1.29, 1.82) is 0 Å². The van der Waals surface area contributed by atoms with Gasteiger partial charge in [-0.3, -0.25) is 0 Å². The third-order valence-corrected chi connectivity index (χ3v) is 5.23. The van der Waals surface area contributed by atoms with E-state index < -0.39 is 0 Å². The lowest BCUT2D eigenvalue weighted by Gasteiger charge is -2.41. The Labute approximate surface area is 114 Å². The molecular weight excluding hydrogens is 220 g/mol. The predicted octanol–water partition coefficient (Wildman–Crippen LogP) is 3.28. The second-order valence-electron chi connectivity index (χ2n) is 6.58. The van der Waals surface area contributed by atoms with Crippen molar-refractivity contribution in [2.45, 2.75) is 64.3 Å². The Hall–Kier alpha value is -0.0800. The molecule has 1 saturated heterocycles. The molecule has 3 atom stereocenters. The zero-order valence-corrected chi connectivity index (χ0v) is 12.5. The molecule has 2 rings (SSSR count). The third-order valence-electron chi connectivity index (χ3n) is 5.23. The number of hydrogen-bond acceptors (Lipinski definition) is 2. The van der Waals surface area contributed by atoms with Crippen LogP contribution < -0.4 is 5.32 Å². The highest BCUT2D eigenvalue weighted by atomic mass is 15.1. The number of nitrogens with one attached hydrogen (secondary N) is 1. The normalized spacial score (nSPS) is 31.0. The van der Waals surface area contributed by atoms with Gasteiger partial charge in [0.25, 0.3) is 0 Å². The van der Waals surface area contributed by atoms with Crippen LogP contribution in [-0.4, -0.2) is 37.6 Å². The van der Waals surface area contributed by atoms with Gasteiger partial charge in [-0.05, 0) is 64.6 Å². The Balaban J connectivity index is 1.59. The van der Waals surface area contributed by atoms with Gasteiger partial charge in [0.15, 0.2) is 0 Å². The van der Waals surface area contributed by atoms with Crippen LogP contribution in [-0.2, 0) is 0 Å². The molecule has 2 heteroatoms. The Morgan fingerprint density at radius 2 is 1.89 bits per heavy atom. The highest BCUT2D eigenvalue weighted by molar-refractivity contribution is 4.83. The second-order valence-corrected chi connectivity index (χ2v) is 6.58. The molecule has 0 aromatic rings. The van der Waals surface area contributed by atoms with Crippen LogP contribution in [0.4, 0.5) is 0 Å². The quantitative estimate of drug-likeness (QED) is 0.730. The van der Waals surface area contributed by atoms with E-state index in [0.717, 1.165) is 11.8 Å². The average Bonchev–Trinajstić information content (AvgIpc) is 2.43. The maximum Gasteiger partial charge on any atom is 0.00357 e. The molecule has 0 spiro atoms. The van der Waals surface area contributed by atoms with Crippen molar-refractivity contribution in [2.24, 2.45) is 11.8 Å². The van der Waals surface area contributed by atoms with Crippen molar-refractivity contribution < 1.29 is 0 Å². The summed E-state index contributed by atoms with van der Waals surface area (Å²) in [6, 6.07) is 0.689. The maximum absolute atomic E-state index is 3.33. The summed E-state index contributed by atoms with van der Waals surface area (Å²) in [6.07, 6.45) is 11.6. The molecule has 0 aromatic carbocycles. The monoisotopic (exact) mass is 252 g/mol. The van der Waals surface area contributed by atoms with Gasteiger partial charge in [-0.1, -0.05) is 25.7 Å². The van der Waals surface area contributed by atoms with Gasteiger partial charge in [0.1, 0.15) is 0 Å². The van der Waals surface area contributed by atoms with Crippen LogP contribution in [0.2, 0.25) is 0 Å². The highest BCUT2D eigenvalue weighted by Gasteiger charge is 2.30. The number of likely N-dealkylation sites (tertiary alicyclic amines) is 1. The zero-order chi connectivity index (χ0) is 12.8. The molecule has 1 saturated carbocycles. The number of fused-ring (bicyclic) bond motifs is 1. The lowest BCUT2D eigenvalue weighted by Crippen LogP contribution is -2.42. The van der Waals surface area contributed by atoms with Crippen molar-refractivity contribution in [3.05, 3.63) is 0 Å². The van der Waals surface area contributed by atoms with Crippen molar-refractivity contribution in [1.82, 2.24) is 10.2 Å². The second kappa shape index (κ2) is 7.49. The van der Waals surface area contributed by atoms with Gasteiger partial charge in [0.05, 0.1) is 0 Å². The molecule has 1 aliphatic carbocycles. The molecule has 0 aromatic heterocycles. The molecule has 0 radical (unpaired) electrons. The summed E-state index contributed by atoms with van der Waals surface area (Å²) < 4.78 is 0. The molecule has 2 nitrogen and oxygen atoms in total. The van der Waals surface area contributed by atoms with Crippen LogP contribution in [0.15, 0.2) is 0 Å². The molecule has 0 amide bonds. The Bertz CT molecular complexity index is 229. The van der Waals surface area contributed by atoms with Crippen LogP contribution in [0.1, 0.15) is 58.3 Å². The van der Waals surface area contributed by atoms with E-state index in [9.17, 15) is 0 Å². The largest absolute Gasteiger partial charge is 0.317 e. The van der Waals surface area contributed by atoms with Crippen molar-refractivity contribution in [3.63, 3.8) is 0 Å². The van der Waals surface area contributed by atoms with Gasteiger partial charge >= 0.3 is 0 Å². The molecule has 106 valence electrons. The topological polar surface area (TPSA) is 15.3 Å². The maximum atomic E-state index is 3.33. The third kappa shape index (κ3) is 4.24. The van der Waals surface area contributed by atoms with Gasteiger partial charge < -0.3 is 10.2 Å². The molecule has 1 aliphatic heterocycles. The summed E-state index contributed by atoms with van der Waals surface area (Å²) in [5.41, 5.74) is 0. The first-order valence-corrected chi connectivity index (χ1v) is 8.19. The van der Waals surface area contributed by atoms with Crippen LogP contribution in [0.5, 0.6) is 0 Å². The SMILES string of the molecule is CNC(C)CCCCN1CCC2CCCCC2C1. The first-order valence-electron chi connectivity index (χ1n) is 8.19. The molecule has 2 fully saturated rings. The van der Waals surface area contributed by atoms with E-state index >= 15 is 0 Å². The van der Waals surface area contributed by atoms with E-state index in [-0.39, 0.29) is 0 Å². The highest BCUT2D eigenvalue weighted by Crippen LogP contribution is 2.35. The summed E-state index contributed by atoms with van der Waals surface area (Å²) in [6.45, 7) is 6.42. The van der Waals surface area contributed by atoms with Crippen molar-refractivity contribution in [2.75, 3.05) is 26.7 Å². The minimum atomic E-state index is 0.689. The summed E-state index contributed by atoms with van der Waals surface area (Å²) in [5.74, 6) is 2.13. The van der Waals surface area contributed by atoms with E-state index in [2.05, 4.69) is 24.2 Å². The molecule has 2 aliphatic rings. The van der Waals surface area contributed by atoms with Gasteiger partial charge in [-0.25, -0.2) is 0 Å². The predicted molar refractivity (Wildman–Crippen MR) is 78.9 cm³/mol. The fraction of sp³-hybridized carbons (Fsp3) is 1.00. The minimum Gasteiger partial charge on any atom is -0.317 e. The fourth-order valence-corrected chi connectivity index (χ4v) is 3.81. The molecular formula is C16H32N2. The number of hydrogen-bond donors (Lipinski definition) is 1. The van der Waals surface area contributed by atoms with Gasteiger partial charge in [-0.2, -0.15) is 0 Å². The Kier molecular flexibility index (Phi) is 5.97.